The van der Waals surface area contributed by atoms with Crippen molar-refractivity contribution in [2.75, 3.05) is 13.2 Å². The molecule has 0 saturated carbocycles. The average Bonchev–Trinajstić information content (AvgIpc) is 3.43. The topological polar surface area (TPSA) is 78.9 Å². The molecule has 1 atom stereocenters. The lowest BCUT2D eigenvalue weighted by atomic mass is 10.0. The van der Waals surface area contributed by atoms with Gasteiger partial charge in [0, 0.05) is 19.3 Å². The summed E-state index contributed by atoms with van der Waals surface area (Å²) in [5.74, 6) is -0.933. The molecule has 0 aliphatic rings. The molecule has 444 valence electrons. The highest BCUT2D eigenvalue weighted by atomic mass is 16.6. The van der Waals surface area contributed by atoms with Crippen LogP contribution in [0.25, 0.3) is 0 Å². The number of esters is 3. The highest BCUT2D eigenvalue weighted by Gasteiger charge is 2.19. The Morgan fingerprint density at radius 1 is 0.273 bits per heavy atom. The van der Waals surface area contributed by atoms with Crippen LogP contribution >= 0.6 is 0 Å². The summed E-state index contributed by atoms with van der Waals surface area (Å²) in [5, 5.41) is 0. The molecular weight excluding hydrogens is 949 g/mol. The van der Waals surface area contributed by atoms with E-state index in [2.05, 4.69) is 106 Å². The van der Waals surface area contributed by atoms with E-state index in [0.29, 0.717) is 19.3 Å². The lowest BCUT2D eigenvalue weighted by Crippen LogP contribution is -2.30. The van der Waals surface area contributed by atoms with E-state index >= 15 is 0 Å². The zero-order chi connectivity index (χ0) is 55.7. The van der Waals surface area contributed by atoms with Crippen molar-refractivity contribution >= 4 is 17.9 Å². The fraction of sp³-hybridized carbons (Fsp3) is 0.761. The van der Waals surface area contributed by atoms with Crippen LogP contribution in [0.3, 0.4) is 0 Å². The van der Waals surface area contributed by atoms with E-state index in [1.807, 2.05) is 0 Å². The Kier molecular flexibility index (Phi) is 62.2. The van der Waals surface area contributed by atoms with Gasteiger partial charge in [0.2, 0.25) is 0 Å². The first-order valence-electron chi connectivity index (χ1n) is 33.1. The molecule has 0 bridgehead atoms. The van der Waals surface area contributed by atoms with Gasteiger partial charge in [-0.25, -0.2) is 0 Å². The number of carbonyl (C=O) groups is 3. The van der Waals surface area contributed by atoms with Gasteiger partial charge >= 0.3 is 17.9 Å². The minimum atomic E-state index is -0.799. The van der Waals surface area contributed by atoms with Gasteiger partial charge in [-0.2, -0.15) is 0 Å². The number of carbonyl (C=O) groups excluding carboxylic acids is 3. The Balaban J connectivity index is 4.44. The Morgan fingerprint density at radius 2 is 0.506 bits per heavy atom. The van der Waals surface area contributed by atoms with Gasteiger partial charge in [-0.1, -0.05) is 324 Å². The molecule has 6 heteroatoms. The summed E-state index contributed by atoms with van der Waals surface area (Å²) in [7, 11) is 0. The summed E-state index contributed by atoms with van der Waals surface area (Å²) >= 11 is 0. The van der Waals surface area contributed by atoms with Crippen LogP contribution in [-0.4, -0.2) is 37.2 Å². The molecule has 0 heterocycles. The zero-order valence-corrected chi connectivity index (χ0v) is 51.0. The van der Waals surface area contributed by atoms with Crippen molar-refractivity contribution in [2.45, 2.75) is 335 Å². The van der Waals surface area contributed by atoms with Crippen LogP contribution in [0.15, 0.2) is 85.1 Å². The van der Waals surface area contributed by atoms with E-state index in [4.69, 9.17) is 14.2 Å². The van der Waals surface area contributed by atoms with Crippen LogP contribution in [0.2, 0.25) is 0 Å². The summed E-state index contributed by atoms with van der Waals surface area (Å²) in [6.07, 6.45) is 86.0. The van der Waals surface area contributed by atoms with E-state index in [1.165, 1.54) is 193 Å². The van der Waals surface area contributed by atoms with E-state index in [0.717, 1.165) is 89.9 Å². The molecule has 0 aromatic rings. The maximum atomic E-state index is 12.9. The number of hydrogen-bond acceptors (Lipinski definition) is 6. The number of unbranched alkanes of at least 4 members (excludes halogenated alkanes) is 35. The molecule has 0 amide bonds. The molecule has 6 nitrogen and oxygen atoms in total. The van der Waals surface area contributed by atoms with Crippen molar-refractivity contribution in [1.82, 2.24) is 0 Å². The number of rotatable bonds is 60. The molecule has 0 aliphatic heterocycles. The highest BCUT2D eigenvalue weighted by Crippen LogP contribution is 2.17. The maximum absolute atomic E-state index is 12.9. The van der Waals surface area contributed by atoms with Crippen molar-refractivity contribution < 1.29 is 28.6 Å². The molecule has 0 N–H and O–H groups in total. The summed E-state index contributed by atoms with van der Waals surface area (Å²) in [6, 6.07) is 0. The second-order valence-corrected chi connectivity index (χ2v) is 22.0. The Hall–Kier alpha value is -3.41. The van der Waals surface area contributed by atoms with Crippen molar-refractivity contribution in [2.24, 2.45) is 0 Å². The number of ether oxygens (including phenoxy) is 3. The first kappa shape index (κ1) is 73.6. The summed E-state index contributed by atoms with van der Waals surface area (Å²) in [5.41, 5.74) is 0. The molecule has 0 rings (SSSR count). The Labute approximate surface area is 477 Å². The Morgan fingerprint density at radius 3 is 0.792 bits per heavy atom. The average molecular weight is 1070 g/mol. The molecule has 77 heavy (non-hydrogen) atoms. The monoisotopic (exact) mass is 1070 g/mol. The van der Waals surface area contributed by atoms with Crippen LogP contribution in [0.4, 0.5) is 0 Å². The van der Waals surface area contributed by atoms with Crippen LogP contribution < -0.4 is 0 Å². The molecule has 0 spiro atoms. The smallest absolute Gasteiger partial charge is 0.306 e. The second kappa shape index (κ2) is 65.1. The van der Waals surface area contributed by atoms with E-state index in [9.17, 15) is 14.4 Å². The third kappa shape index (κ3) is 63.3. The van der Waals surface area contributed by atoms with E-state index in [-0.39, 0.29) is 37.5 Å². The van der Waals surface area contributed by atoms with Gasteiger partial charge in [0.1, 0.15) is 13.2 Å². The van der Waals surface area contributed by atoms with Crippen LogP contribution in [0, 0.1) is 0 Å². The third-order valence-electron chi connectivity index (χ3n) is 14.4. The standard InChI is InChI=1S/C71H124O6/c1-4-7-10-13-16-19-22-25-28-31-33-35-36-37-39-40-43-46-49-52-55-58-61-64-70(73)76-67-68(66-75-69(72)63-60-57-54-51-48-45-42-30-27-24-21-18-15-12-9-6-3)77-71(74)65-62-59-56-53-50-47-44-41-38-34-32-29-26-23-20-17-14-11-8-5-2/h7,10,16,19,25,28,33,35,37,39,43,46,52,55,68H,4-6,8-9,11-15,17-18,20-24,26-27,29-32,34,36,38,40-42,44-45,47-51,53-54,56-67H2,1-3H3/b10-7-,19-16-,28-25-,35-33-,39-37-,46-43-,55-52-. The van der Waals surface area contributed by atoms with Crippen molar-refractivity contribution in [1.29, 1.82) is 0 Å². The second-order valence-electron chi connectivity index (χ2n) is 22.0. The normalized spacial score (nSPS) is 12.6. The molecule has 0 radical (unpaired) electrons. The van der Waals surface area contributed by atoms with Crippen LogP contribution in [0.5, 0.6) is 0 Å². The minimum absolute atomic E-state index is 0.0900. The molecule has 1 unspecified atom stereocenters. The SMILES string of the molecule is CC/C=C\C/C=C\C/C=C\C/C=C\C/C=C\C/C=C\C/C=C\CCCC(=O)OCC(COC(=O)CCCCCCCCCCCCCCCCCC)OC(=O)CCCCCCCCCCCCCCCCCCCCCC. The predicted octanol–water partition coefficient (Wildman–Crippen LogP) is 22.7. The molecule has 0 aliphatic carbocycles. The Bertz CT molecular complexity index is 1470. The van der Waals surface area contributed by atoms with Crippen LogP contribution in [-0.2, 0) is 28.6 Å². The van der Waals surface area contributed by atoms with Gasteiger partial charge < -0.3 is 14.2 Å². The fourth-order valence-corrected chi connectivity index (χ4v) is 9.49. The minimum Gasteiger partial charge on any atom is -0.462 e. The van der Waals surface area contributed by atoms with Crippen molar-refractivity contribution in [3.63, 3.8) is 0 Å². The summed E-state index contributed by atoms with van der Waals surface area (Å²) < 4.78 is 16.9. The first-order valence-corrected chi connectivity index (χ1v) is 33.1. The summed E-state index contributed by atoms with van der Waals surface area (Å²) in [4.78, 5) is 38.4. The van der Waals surface area contributed by atoms with Gasteiger partial charge in [0.05, 0.1) is 0 Å². The van der Waals surface area contributed by atoms with Crippen LogP contribution in [0.1, 0.15) is 329 Å². The molecular formula is C71H124O6. The van der Waals surface area contributed by atoms with Gasteiger partial charge in [0.25, 0.3) is 0 Å². The van der Waals surface area contributed by atoms with Gasteiger partial charge in [-0.15, -0.1) is 0 Å². The molecule has 0 aromatic carbocycles. The fourth-order valence-electron chi connectivity index (χ4n) is 9.49. The first-order chi connectivity index (χ1) is 38.0. The quantitative estimate of drug-likeness (QED) is 0.0261. The number of allylic oxidation sites excluding steroid dienone is 14. The maximum Gasteiger partial charge on any atom is 0.306 e. The lowest BCUT2D eigenvalue weighted by molar-refractivity contribution is -0.167. The molecule has 0 fully saturated rings. The van der Waals surface area contributed by atoms with E-state index in [1.54, 1.807) is 0 Å². The van der Waals surface area contributed by atoms with Gasteiger partial charge in [-0.05, 0) is 70.6 Å². The third-order valence-corrected chi connectivity index (χ3v) is 14.4. The zero-order valence-electron chi connectivity index (χ0n) is 51.0. The van der Waals surface area contributed by atoms with Gasteiger partial charge in [0.15, 0.2) is 6.10 Å². The van der Waals surface area contributed by atoms with Crippen molar-refractivity contribution in [3.8, 4) is 0 Å². The van der Waals surface area contributed by atoms with Crippen molar-refractivity contribution in [3.05, 3.63) is 85.1 Å². The summed E-state index contributed by atoms with van der Waals surface area (Å²) in [6.45, 7) is 6.53. The largest absolute Gasteiger partial charge is 0.462 e. The lowest BCUT2D eigenvalue weighted by Gasteiger charge is -2.18. The van der Waals surface area contributed by atoms with E-state index < -0.39 is 6.10 Å². The highest BCUT2D eigenvalue weighted by molar-refractivity contribution is 5.71. The molecule has 0 aromatic heterocycles. The molecule has 0 saturated heterocycles. The number of hydrogen-bond donors (Lipinski definition) is 0. The predicted molar refractivity (Wildman–Crippen MR) is 334 cm³/mol. The van der Waals surface area contributed by atoms with Gasteiger partial charge in [-0.3, -0.25) is 14.4 Å².